The number of rotatable bonds is 2. The summed E-state index contributed by atoms with van der Waals surface area (Å²) < 4.78 is 15.2. The molecule has 0 aliphatic carbocycles. The van der Waals surface area contributed by atoms with E-state index in [1.165, 1.54) is 18.2 Å². The molecule has 2 atom stereocenters. The molecular formula is C26H23ClFN5O3. The van der Waals surface area contributed by atoms with Crippen LogP contribution in [0.25, 0.3) is 11.1 Å². The number of carbonyl (C=O) groups is 2. The number of hydrogen-bond donors (Lipinski definition) is 2. The fourth-order valence-electron chi connectivity index (χ4n) is 5.63. The molecule has 3 amide bonds. The van der Waals surface area contributed by atoms with Crippen molar-refractivity contribution in [1.82, 2.24) is 20.0 Å². The predicted molar refractivity (Wildman–Crippen MR) is 133 cm³/mol. The van der Waals surface area contributed by atoms with Crippen molar-refractivity contribution in [2.45, 2.75) is 37.8 Å². The number of nitrogens with one attached hydrogen (secondary N) is 2. The molecule has 10 heteroatoms. The highest BCUT2D eigenvalue weighted by Crippen LogP contribution is 2.43. The molecule has 36 heavy (non-hydrogen) atoms. The van der Waals surface area contributed by atoms with Gasteiger partial charge in [0.15, 0.2) is 0 Å². The number of H-pyrrole nitrogens is 1. The number of anilines is 1. The number of carbonyl (C=O) groups excluding carboxylic acids is 2. The molecule has 184 valence electrons. The molecule has 0 spiro atoms. The number of halogens is 2. The molecule has 1 aromatic heterocycles. The number of likely N-dealkylation sites (N-methyl/N-ethyl adjacent to an activating group) is 1. The van der Waals surface area contributed by atoms with Crippen molar-refractivity contribution in [3.63, 3.8) is 0 Å². The molecule has 3 aliphatic heterocycles. The topological polar surface area (TPSA) is 98.4 Å². The summed E-state index contributed by atoms with van der Waals surface area (Å²) in [7, 11) is 1.77. The third kappa shape index (κ3) is 3.65. The number of nitrogens with zero attached hydrogens (tertiary/aromatic N) is 3. The molecule has 1 fully saturated rings. The van der Waals surface area contributed by atoms with Gasteiger partial charge in [-0.3, -0.25) is 9.59 Å². The van der Waals surface area contributed by atoms with E-state index in [9.17, 15) is 14.4 Å². The molecule has 6 rings (SSSR count). The summed E-state index contributed by atoms with van der Waals surface area (Å²) in [5.41, 5.74) is 4.00. The maximum Gasteiger partial charge on any atom is 0.322 e. The van der Waals surface area contributed by atoms with Gasteiger partial charge in [-0.25, -0.2) is 14.3 Å². The van der Waals surface area contributed by atoms with Crippen LogP contribution in [0.1, 0.15) is 46.1 Å². The van der Waals surface area contributed by atoms with Crippen molar-refractivity contribution < 1.29 is 14.0 Å². The summed E-state index contributed by atoms with van der Waals surface area (Å²) >= 11 is 6.54. The van der Waals surface area contributed by atoms with Crippen molar-refractivity contribution in [1.29, 1.82) is 0 Å². The normalized spacial score (nSPS) is 20.2. The van der Waals surface area contributed by atoms with Crippen molar-refractivity contribution >= 4 is 29.2 Å². The second-order valence-electron chi connectivity index (χ2n) is 9.59. The lowest BCUT2D eigenvalue weighted by Gasteiger charge is -2.35. The second-order valence-corrected chi connectivity index (χ2v) is 10.00. The summed E-state index contributed by atoms with van der Waals surface area (Å²) in [6, 6.07) is 8.86. The molecule has 0 unspecified atom stereocenters. The Balaban J connectivity index is 1.26. The number of benzene rings is 2. The summed E-state index contributed by atoms with van der Waals surface area (Å²) in [5.74, 6) is -0.641. The Hall–Kier alpha value is -3.72. The lowest BCUT2D eigenvalue weighted by molar-refractivity contribution is 0.0781. The van der Waals surface area contributed by atoms with Crippen LogP contribution in [0.4, 0.5) is 14.9 Å². The minimum Gasteiger partial charge on any atom is -0.341 e. The third-order valence-corrected chi connectivity index (χ3v) is 7.75. The quantitative estimate of drug-likeness (QED) is 0.544. The number of hydrogen-bond acceptors (Lipinski definition) is 4. The molecule has 4 heterocycles. The van der Waals surface area contributed by atoms with Gasteiger partial charge in [0, 0.05) is 36.8 Å². The van der Waals surface area contributed by atoms with Gasteiger partial charge in [-0.15, -0.1) is 0 Å². The molecule has 0 saturated carbocycles. The SMILES string of the molecule is CN1CCc2cc(-c3cc(F)c(NC(=O)N4[C@H]5CC[C@@H]4c4n[nH]c(=O)cc4C5)cc3Cl)ccc2C1=O. The lowest BCUT2D eigenvalue weighted by Crippen LogP contribution is -2.45. The molecule has 8 nitrogen and oxygen atoms in total. The van der Waals surface area contributed by atoms with Crippen LogP contribution in [-0.2, 0) is 12.8 Å². The number of urea groups is 1. The molecule has 3 aliphatic rings. The van der Waals surface area contributed by atoms with Gasteiger partial charge >= 0.3 is 6.03 Å². The molecule has 2 aromatic carbocycles. The first-order valence-corrected chi connectivity index (χ1v) is 12.2. The zero-order valence-corrected chi connectivity index (χ0v) is 20.2. The summed E-state index contributed by atoms with van der Waals surface area (Å²) in [6.07, 6.45) is 2.75. The van der Waals surface area contributed by atoms with E-state index in [1.807, 2.05) is 6.07 Å². The van der Waals surface area contributed by atoms with Crippen molar-refractivity contribution in [2.75, 3.05) is 18.9 Å². The molecule has 0 radical (unpaired) electrons. The Labute approximate surface area is 211 Å². The molecule has 1 saturated heterocycles. The third-order valence-electron chi connectivity index (χ3n) is 7.44. The summed E-state index contributed by atoms with van der Waals surface area (Å²) in [4.78, 5) is 40.6. The monoisotopic (exact) mass is 507 g/mol. The van der Waals surface area contributed by atoms with Crippen molar-refractivity contribution in [3.8, 4) is 11.1 Å². The van der Waals surface area contributed by atoms with Crippen LogP contribution in [0, 0.1) is 5.82 Å². The fourth-order valence-corrected chi connectivity index (χ4v) is 5.91. The number of aromatic amines is 1. The van der Waals surface area contributed by atoms with Gasteiger partial charge in [0.1, 0.15) is 5.82 Å². The highest BCUT2D eigenvalue weighted by atomic mass is 35.5. The van der Waals surface area contributed by atoms with E-state index < -0.39 is 11.8 Å². The standard InChI is InChI=1S/C26H23ClFN5O3/c1-32-7-6-14-8-13(2-4-17(14)25(32)35)18-11-20(28)21(12-19(18)27)29-26(36)33-16-3-5-22(33)24-15(9-16)10-23(34)30-31-24/h2,4,8,10-12,16,22H,3,5-7,9H2,1H3,(H,29,36)(H,30,34)/t16-,22+/m0/s1. The van der Waals surface area contributed by atoms with E-state index in [0.717, 1.165) is 24.0 Å². The van der Waals surface area contributed by atoms with E-state index in [2.05, 4.69) is 15.5 Å². The fraction of sp³-hybridized carbons (Fsp3) is 0.308. The predicted octanol–water partition coefficient (Wildman–Crippen LogP) is 4.15. The van der Waals surface area contributed by atoms with E-state index in [0.29, 0.717) is 41.8 Å². The van der Waals surface area contributed by atoms with E-state index in [1.54, 1.807) is 29.0 Å². The van der Waals surface area contributed by atoms with Gasteiger partial charge in [-0.1, -0.05) is 23.7 Å². The molecule has 3 aromatic rings. The Bertz CT molecular complexity index is 1490. The average molecular weight is 508 g/mol. The van der Waals surface area contributed by atoms with Crippen LogP contribution >= 0.6 is 11.6 Å². The van der Waals surface area contributed by atoms with E-state index in [-0.39, 0.29) is 34.3 Å². The zero-order valence-electron chi connectivity index (χ0n) is 19.5. The van der Waals surface area contributed by atoms with Crippen LogP contribution < -0.4 is 10.9 Å². The molecular weight excluding hydrogens is 485 g/mol. The first-order chi connectivity index (χ1) is 17.3. The Kier molecular flexibility index (Phi) is 5.33. The van der Waals surface area contributed by atoms with Gasteiger partial charge < -0.3 is 15.1 Å². The van der Waals surface area contributed by atoms with E-state index in [4.69, 9.17) is 11.6 Å². The Morgan fingerprint density at radius 1 is 1.14 bits per heavy atom. The van der Waals surface area contributed by atoms with Crippen LogP contribution in [-0.4, -0.2) is 51.6 Å². The van der Waals surface area contributed by atoms with Crippen LogP contribution in [0.2, 0.25) is 5.02 Å². The Morgan fingerprint density at radius 3 is 2.81 bits per heavy atom. The van der Waals surface area contributed by atoms with Crippen LogP contribution in [0.15, 0.2) is 41.2 Å². The number of aromatic nitrogens is 2. The van der Waals surface area contributed by atoms with Gasteiger partial charge in [0.05, 0.1) is 22.4 Å². The first-order valence-electron chi connectivity index (χ1n) is 11.9. The highest BCUT2D eigenvalue weighted by molar-refractivity contribution is 6.33. The minimum absolute atomic E-state index is 0.0110. The van der Waals surface area contributed by atoms with Crippen LogP contribution in [0.3, 0.4) is 0 Å². The van der Waals surface area contributed by atoms with Gasteiger partial charge in [-0.05, 0) is 60.6 Å². The average Bonchev–Trinajstić information content (AvgIpc) is 3.18. The lowest BCUT2D eigenvalue weighted by atomic mass is 9.94. The van der Waals surface area contributed by atoms with Gasteiger partial charge in [-0.2, -0.15) is 5.10 Å². The largest absolute Gasteiger partial charge is 0.341 e. The van der Waals surface area contributed by atoms with Crippen molar-refractivity contribution in [2.24, 2.45) is 0 Å². The maximum atomic E-state index is 15.2. The minimum atomic E-state index is -0.608. The first kappa shape index (κ1) is 22.7. The number of fused-ring (bicyclic) bond motifs is 5. The zero-order chi connectivity index (χ0) is 25.1. The smallest absolute Gasteiger partial charge is 0.322 e. The molecule has 2 N–H and O–H groups in total. The Morgan fingerprint density at radius 2 is 1.97 bits per heavy atom. The van der Waals surface area contributed by atoms with Crippen molar-refractivity contribution in [3.05, 3.63) is 80.0 Å². The van der Waals surface area contributed by atoms with E-state index >= 15 is 4.39 Å². The molecule has 2 bridgehead atoms. The highest BCUT2D eigenvalue weighted by Gasteiger charge is 2.44. The van der Waals surface area contributed by atoms with Gasteiger partial charge in [0.2, 0.25) is 0 Å². The maximum absolute atomic E-state index is 15.2. The second kappa shape index (κ2) is 8.44. The number of amides is 3. The summed E-state index contributed by atoms with van der Waals surface area (Å²) in [6.45, 7) is 0.622. The van der Waals surface area contributed by atoms with Gasteiger partial charge in [0.25, 0.3) is 11.5 Å². The van der Waals surface area contributed by atoms with Crippen LogP contribution in [0.5, 0.6) is 0 Å². The summed E-state index contributed by atoms with van der Waals surface area (Å²) in [5, 5.41) is 9.60.